The van der Waals surface area contributed by atoms with Crippen LogP contribution in [0.25, 0.3) is 5.57 Å². The quantitative estimate of drug-likeness (QED) is 0.908. The van der Waals surface area contributed by atoms with Gasteiger partial charge in [0.15, 0.2) is 5.69 Å². The molecule has 0 atom stereocenters. The van der Waals surface area contributed by atoms with Crippen molar-refractivity contribution in [3.8, 4) is 0 Å². The average Bonchev–Trinajstić information content (AvgIpc) is 2.73. The first kappa shape index (κ1) is 14.2. The zero-order chi connectivity index (χ0) is 14.0. The Morgan fingerprint density at radius 1 is 1.37 bits per heavy atom. The molecule has 0 aliphatic heterocycles. The minimum atomic E-state index is -0.276. The monoisotopic (exact) mass is 323 g/mol. The summed E-state index contributed by atoms with van der Waals surface area (Å²) in [5.41, 5.74) is 2.31. The van der Waals surface area contributed by atoms with Crippen LogP contribution in [0.3, 0.4) is 0 Å². The summed E-state index contributed by atoms with van der Waals surface area (Å²) in [6.45, 7) is 5.83. The van der Waals surface area contributed by atoms with Gasteiger partial charge in [0.1, 0.15) is 0 Å². The van der Waals surface area contributed by atoms with E-state index in [1.54, 1.807) is 6.20 Å². The van der Waals surface area contributed by atoms with Gasteiger partial charge in [0, 0.05) is 11.1 Å². The van der Waals surface area contributed by atoms with Gasteiger partial charge in [-0.2, -0.15) is 5.10 Å². The van der Waals surface area contributed by atoms with E-state index < -0.39 is 0 Å². The number of nitrogens with zero attached hydrogens (tertiary/aromatic N) is 2. The molecule has 4 nitrogen and oxygen atoms in total. The summed E-state index contributed by atoms with van der Waals surface area (Å²) in [5.74, 6) is -0.184. The van der Waals surface area contributed by atoms with Crippen LogP contribution in [-0.2, 0) is 0 Å². The van der Waals surface area contributed by atoms with Crippen molar-refractivity contribution in [1.82, 2.24) is 15.5 Å². The molecule has 1 aromatic heterocycles. The number of rotatable bonds is 2. The Kier molecular flexibility index (Phi) is 4.04. The topological polar surface area (TPSA) is 54.9 Å². The number of hydrogen-bond acceptors (Lipinski definition) is 3. The average molecular weight is 324 g/mol. The predicted octanol–water partition coefficient (Wildman–Crippen LogP) is 3.29. The highest BCUT2D eigenvalue weighted by molar-refractivity contribution is 9.11. The third-order valence-corrected chi connectivity index (χ3v) is 3.75. The molecule has 1 N–H and O–H groups in total. The normalized spacial score (nSPS) is 15.8. The van der Waals surface area contributed by atoms with Crippen LogP contribution in [0.4, 0.5) is 0 Å². The van der Waals surface area contributed by atoms with E-state index >= 15 is 0 Å². The van der Waals surface area contributed by atoms with Crippen LogP contribution in [0.1, 0.15) is 56.1 Å². The highest BCUT2D eigenvalue weighted by Crippen LogP contribution is 2.36. The first-order valence-corrected chi connectivity index (χ1v) is 7.19. The number of allylic oxidation sites excluding steroid dienone is 2. The van der Waals surface area contributed by atoms with Crippen molar-refractivity contribution in [3.63, 3.8) is 0 Å². The summed E-state index contributed by atoms with van der Waals surface area (Å²) in [5, 5.41) is 10.8. The van der Waals surface area contributed by atoms with Gasteiger partial charge >= 0.3 is 0 Å². The molecule has 0 saturated heterocycles. The lowest BCUT2D eigenvalue weighted by molar-refractivity contribution is 0.0913. The van der Waals surface area contributed by atoms with Crippen molar-refractivity contribution in [2.45, 2.75) is 45.6 Å². The molecule has 0 fully saturated rings. The van der Waals surface area contributed by atoms with E-state index in [-0.39, 0.29) is 11.4 Å². The number of hydrogen-bond donors (Lipinski definition) is 1. The van der Waals surface area contributed by atoms with E-state index in [0.717, 1.165) is 24.8 Å². The van der Waals surface area contributed by atoms with Crippen molar-refractivity contribution in [1.29, 1.82) is 0 Å². The van der Waals surface area contributed by atoms with Crippen molar-refractivity contribution in [2.24, 2.45) is 0 Å². The number of halogens is 1. The molecule has 1 aliphatic carbocycles. The van der Waals surface area contributed by atoms with E-state index in [0.29, 0.717) is 5.69 Å². The van der Waals surface area contributed by atoms with Crippen LogP contribution in [0, 0.1) is 0 Å². The van der Waals surface area contributed by atoms with Crippen LogP contribution < -0.4 is 5.32 Å². The second kappa shape index (κ2) is 5.41. The smallest absolute Gasteiger partial charge is 0.272 e. The van der Waals surface area contributed by atoms with Gasteiger partial charge in [-0.05, 0) is 56.2 Å². The molecule has 19 heavy (non-hydrogen) atoms. The molecule has 0 radical (unpaired) electrons. The van der Waals surface area contributed by atoms with Crippen molar-refractivity contribution < 1.29 is 4.79 Å². The van der Waals surface area contributed by atoms with E-state index in [4.69, 9.17) is 0 Å². The maximum absolute atomic E-state index is 12.1. The molecule has 1 amide bonds. The molecule has 1 aliphatic rings. The standard InChI is InChI=1S/C14H18BrN3O/c1-14(2,3)17-13(19)12-7-9(8-16-18-12)10-5-4-6-11(10)15/h7-8H,4-6H2,1-3H3,(H,17,19). The number of nitrogens with one attached hydrogen (secondary N) is 1. The third-order valence-electron chi connectivity index (χ3n) is 2.87. The van der Waals surface area contributed by atoms with Crippen LogP contribution in [0.2, 0.25) is 0 Å². The number of aromatic nitrogens is 2. The largest absolute Gasteiger partial charge is 0.346 e. The Morgan fingerprint density at radius 2 is 2.11 bits per heavy atom. The zero-order valence-corrected chi connectivity index (χ0v) is 13.0. The zero-order valence-electron chi connectivity index (χ0n) is 11.5. The first-order chi connectivity index (χ1) is 8.87. The Morgan fingerprint density at radius 3 is 2.68 bits per heavy atom. The number of carbonyl (C=O) groups is 1. The molecule has 0 spiro atoms. The molecule has 0 bridgehead atoms. The lowest BCUT2D eigenvalue weighted by Gasteiger charge is -2.20. The molecule has 0 aromatic carbocycles. The van der Waals surface area contributed by atoms with Gasteiger partial charge in [0.05, 0.1) is 6.20 Å². The van der Waals surface area contributed by atoms with E-state index in [1.807, 2.05) is 26.8 Å². The molecular weight excluding hydrogens is 306 g/mol. The van der Waals surface area contributed by atoms with Crippen molar-refractivity contribution >= 4 is 27.4 Å². The van der Waals surface area contributed by atoms with Crippen molar-refractivity contribution in [3.05, 3.63) is 28.0 Å². The summed E-state index contributed by atoms with van der Waals surface area (Å²) in [4.78, 5) is 12.1. The van der Waals surface area contributed by atoms with Gasteiger partial charge in [-0.15, -0.1) is 5.10 Å². The second-order valence-electron chi connectivity index (χ2n) is 5.77. The first-order valence-electron chi connectivity index (χ1n) is 6.40. The van der Waals surface area contributed by atoms with Gasteiger partial charge in [-0.25, -0.2) is 0 Å². The van der Waals surface area contributed by atoms with Crippen molar-refractivity contribution in [2.75, 3.05) is 0 Å². The SMILES string of the molecule is CC(C)(C)NC(=O)c1cc(C2=C(Br)CCC2)cnn1. The van der Waals surface area contributed by atoms with E-state index in [9.17, 15) is 4.79 Å². The van der Waals surface area contributed by atoms with Crippen LogP contribution in [0.15, 0.2) is 16.7 Å². The van der Waals surface area contributed by atoms with E-state index in [1.165, 1.54) is 10.1 Å². The highest BCUT2D eigenvalue weighted by Gasteiger charge is 2.19. The lowest BCUT2D eigenvalue weighted by atomic mass is 10.1. The predicted molar refractivity (Wildman–Crippen MR) is 78.9 cm³/mol. The van der Waals surface area contributed by atoms with Gasteiger partial charge in [0.2, 0.25) is 0 Å². The minimum absolute atomic E-state index is 0.184. The fourth-order valence-electron chi connectivity index (χ4n) is 2.06. The lowest BCUT2D eigenvalue weighted by Crippen LogP contribution is -2.41. The van der Waals surface area contributed by atoms with E-state index in [2.05, 4.69) is 31.4 Å². The summed E-state index contributed by atoms with van der Waals surface area (Å²) in [7, 11) is 0. The second-order valence-corrected chi connectivity index (χ2v) is 6.73. The summed E-state index contributed by atoms with van der Waals surface area (Å²) < 4.78 is 1.21. The van der Waals surface area contributed by atoms with Gasteiger partial charge < -0.3 is 5.32 Å². The molecule has 2 rings (SSSR count). The Bertz CT molecular complexity index is 532. The maximum Gasteiger partial charge on any atom is 0.272 e. The summed E-state index contributed by atoms with van der Waals surface area (Å²) >= 11 is 3.58. The maximum atomic E-state index is 12.1. The Labute approximate surface area is 121 Å². The Balaban J connectivity index is 2.25. The third kappa shape index (κ3) is 3.62. The summed E-state index contributed by atoms with van der Waals surface area (Å²) in [6, 6.07) is 1.82. The van der Waals surface area contributed by atoms with Gasteiger partial charge in [-0.3, -0.25) is 4.79 Å². The molecule has 1 heterocycles. The molecule has 102 valence electrons. The van der Waals surface area contributed by atoms with Crippen LogP contribution >= 0.6 is 15.9 Å². The number of carbonyl (C=O) groups excluding carboxylic acids is 1. The molecule has 0 saturated carbocycles. The molecule has 0 unspecified atom stereocenters. The molecule has 5 heteroatoms. The highest BCUT2D eigenvalue weighted by atomic mass is 79.9. The van der Waals surface area contributed by atoms with Gasteiger partial charge in [0.25, 0.3) is 5.91 Å². The van der Waals surface area contributed by atoms with Crippen LogP contribution in [0.5, 0.6) is 0 Å². The molecule has 1 aromatic rings. The Hall–Kier alpha value is -1.23. The minimum Gasteiger partial charge on any atom is -0.346 e. The fraction of sp³-hybridized carbons (Fsp3) is 0.500. The van der Waals surface area contributed by atoms with Crippen LogP contribution in [-0.4, -0.2) is 21.6 Å². The summed E-state index contributed by atoms with van der Waals surface area (Å²) in [6.07, 6.45) is 4.94. The number of amides is 1. The molecular formula is C14H18BrN3O. The fourth-order valence-corrected chi connectivity index (χ4v) is 2.76. The van der Waals surface area contributed by atoms with Gasteiger partial charge in [-0.1, -0.05) is 15.9 Å².